The van der Waals surface area contributed by atoms with Crippen molar-refractivity contribution in [1.82, 2.24) is 0 Å². The number of phenolic OH excluding ortho intramolecular Hbond substituents is 4. The molecule has 2 aromatic carbocycles. The third-order valence-corrected chi connectivity index (χ3v) is 3.82. The zero-order valence-electron chi connectivity index (χ0n) is 12.4. The van der Waals surface area contributed by atoms with Crippen molar-refractivity contribution in [2.75, 3.05) is 0 Å². The van der Waals surface area contributed by atoms with E-state index in [0.29, 0.717) is 11.1 Å². The molecule has 0 aliphatic heterocycles. The van der Waals surface area contributed by atoms with E-state index >= 15 is 0 Å². The predicted octanol–water partition coefficient (Wildman–Crippen LogP) is 4.00. The molecule has 4 N–H and O–H groups in total. The normalized spacial score (nSPS) is 12.3. The van der Waals surface area contributed by atoms with Crippen LogP contribution < -0.4 is 0 Å². The molecule has 0 aromatic heterocycles. The van der Waals surface area contributed by atoms with Crippen LogP contribution in [-0.2, 0) is 0 Å². The van der Waals surface area contributed by atoms with Crippen molar-refractivity contribution in [3.05, 3.63) is 35.4 Å². The van der Waals surface area contributed by atoms with Gasteiger partial charge in [-0.2, -0.15) is 0 Å². The lowest BCUT2D eigenvalue weighted by Gasteiger charge is -2.15. The van der Waals surface area contributed by atoms with Gasteiger partial charge >= 0.3 is 0 Å². The van der Waals surface area contributed by atoms with Gasteiger partial charge in [-0.25, -0.2) is 0 Å². The van der Waals surface area contributed by atoms with Crippen molar-refractivity contribution in [3.8, 4) is 34.1 Å². The first-order valence-corrected chi connectivity index (χ1v) is 6.94. The molecule has 4 nitrogen and oxygen atoms in total. The van der Waals surface area contributed by atoms with E-state index in [9.17, 15) is 20.4 Å². The van der Waals surface area contributed by atoms with Crippen LogP contribution in [0.15, 0.2) is 24.3 Å². The summed E-state index contributed by atoms with van der Waals surface area (Å²) in [6, 6.07) is 6.36. The zero-order valence-corrected chi connectivity index (χ0v) is 12.4. The Hall–Kier alpha value is -2.36. The average Bonchev–Trinajstić information content (AvgIpc) is 2.44. The Morgan fingerprint density at radius 3 is 1.95 bits per heavy atom. The predicted molar refractivity (Wildman–Crippen MR) is 82.0 cm³/mol. The zero-order chi connectivity index (χ0) is 15.7. The third kappa shape index (κ3) is 2.75. The molecule has 0 heterocycles. The smallest absolute Gasteiger partial charge is 0.165 e. The molecular formula is C17H20O4. The van der Waals surface area contributed by atoms with Crippen LogP contribution in [0.2, 0.25) is 0 Å². The highest BCUT2D eigenvalue weighted by Crippen LogP contribution is 2.45. The summed E-state index contributed by atoms with van der Waals surface area (Å²) in [5, 5.41) is 39.8. The Labute approximate surface area is 123 Å². The lowest BCUT2D eigenvalue weighted by atomic mass is 9.92. The SMILES string of the molecule is CCC(C)c1cc(O)c(O)c(-c2cc(C)cc(O)c2O)c1. The molecule has 1 atom stereocenters. The fourth-order valence-electron chi connectivity index (χ4n) is 2.33. The molecule has 0 radical (unpaired) electrons. The average molecular weight is 288 g/mol. The van der Waals surface area contributed by atoms with Crippen molar-refractivity contribution in [1.29, 1.82) is 0 Å². The van der Waals surface area contributed by atoms with Gasteiger partial charge in [-0.05, 0) is 54.7 Å². The lowest BCUT2D eigenvalue weighted by Crippen LogP contribution is -1.93. The number of rotatable bonds is 3. The number of phenols is 4. The summed E-state index contributed by atoms with van der Waals surface area (Å²) in [5.41, 5.74) is 2.21. The van der Waals surface area contributed by atoms with Gasteiger partial charge in [0.1, 0.15) is 0 Å². The number of aromatic hydroxyl groups is 4. The number of aryl methyl sites for hydroxylation is 1. The van der Waals surface area contributed by atoms with Crippen LogP contribution in [-0.4, -0.2) is 20.4 Å². The van der Waals surface area contributed by atoms with E-state index in [1.807, 2.05) is 13.8 Å². The van der Waals surface area contributed by atoms with Crippen molar-refractivity contribution in [3.63, 3.8) is 0 Å². The summed E-state index contributed by atoms with van der Waals surface area (Å²) in [4.78, 5) is 0. The Morgan fingerprint density at radius 2 is 1.38 bits per heavy atom. The van der Waals surface area contributed by atoms with E-state index in [2.05, 4.69) is 0 Å². The van der Waals surface area contributed by atoms with E-state index < -0.39 is 0 Å². The van der Waals surface area contributed by atoms with Crippen LogP contribution in [0, 0.1) is 6.92 Å². The van der Waals surface area contributed by atoms with E-state index in [0.717, 1.165) is 17.5 Å². The highest BCUT2D eigenvalue weighted by Gasteiger charge is 2.18. The van der Waals surface area contributed by atoms with Crippen LogP contribution in [0.5, 0.6) is 23.0 Å². The minimum Gasteiger partial charge on any atom is -0.504 e. The molecule has 0 aliphatic carbocycles. The van der Waals surface area contributed by atoms with Gasteiger partial charge in [0.25, 0.3) is 0 Å². The molecular weight excluding hydrogens is 268 g/mol. The molecule has 0 bridgehead atoms. The molecule has 21 heavy (non-hydrogen) atoms. The summed E-state index contributed by atoms with van der Waals surface area (Å²) in [6.07, 6.45) is 0.884. The maximum atomic E-state index is 10.1. The van der Waals surface area contributed by atoms with Gasteiger partial charge < -0.3 is 20.4 Å². The summed E-state index contributed by atoms with van der Waals surface area (Å²) in [7, 11) is 0. The molecule has 0 spiro atoms. The minimum absolute atomic E-state index is 0.204. The van der Waals surface area contributed by atoms with E-state index in [1.165, 1.54) is 12.1 Å². The summed E-state index contributed by atoms with van der Waals surface area (Å²) in [6.45, 7) is 5.82. The Kier molecular flexibility index (Phi) is 3.98. The van der Waals surface area contributed by atoms with Gasteiger partial charge in [-0.1, -0.05) is 13.8 Å². The van der Waals surface area contributed by atoms with Crippen molar-refractivity contribution in [2.45, 2.75) is 33.1 Å². The van der Waals surface area contributed by atoms with E-state index in [1.54, 1.807) is 19.1 Å². The molecule has 0 amide bonds. The second kappa shape index (κ2) is 5.56. The maximum absolute atomic E-state index is 10.1. The molecule has 1 unspecified atom stereocenters. The fraction of sp³-hybridized carbons (Fsp3) is 0.294. The van der Waals surface area contributed by atoms with Gasteiger partial charge in [0.15, 0.2) is 23.0 Å². The van der Waals surface area contributed by atoms with Gasteiger partial charge in [-0.3, -0.25) is 0 Å². The van der Waals surface area contributed by atoms with Crippen LogP contribution in [0.25, 0.3) is 11.1 Å². The summed E-state index contributed by atoms with van der Waals surface area (Å²) < 4.78 is 0. The lowest BCUT2D eigenvalue weighted by molar-refractivity contribution is 0.399. The van der Waals surface area contributed by atoms with Crippen molar-refractivity contribution in [2.24, 2.45) is 0 Å². The van der Waals surface area contributed by atoms with Crippen LogP contribution in [0.1, 0.15) is 37.3 Å². The first kappa shape index (κ1) is 15.0. The third-order valence-electron chi connectivity index (χ3n) is 3.82. The number of hydrogen-bond donors (Lipinski definition) is 4. The Morgan fingerprint density at radius 1 is 0.857 bits per heavy atom. The molecule has 2 aromatic rings. The molecule has 0 saturated heterocycles. The van der Waals surface area contributed by atoms with Gasteiger partial charge in [0.2, 0.25) is 0 Å². The molecule has 0 fully saturated rings. The monoisotopic (exact) mass is 288 g/mol. The largest absolute Gasteiger partial charge is 0.504 e. The van der Waals surface area contributed by atoms with Gasteiger partial charge in [-0.15, -0.1) is 0 Å². The molecule has 112 valence electrons. The Bertz CT molecular complexity index is 677. The first-order valence-electron chi connectivity index (χ1n) is 6.94. The standard InChI is InChI=1S/C17H20O4/c1-4-10(3)11-7-13(17(21)15(19)8-11)12-5-9(2)6-14(18)16(12)20/h5-8,10,18-21H,4H2,1-3H3. The van der Waals surface area contributed by atoms with Gasteiger partial charge in [0.05, 0.1) is 0 Å². The van der Waals surface area contributed by atoms with Crippen molar-refractivity contribution >= 4 is 0 Å². The van der Waals surface area contributed by atoms with Crippen molar-refractivity contribution < 1.29 is 20.4 Å². The first-order chi connectivity index (χ1) is 9.85. The van der Waals surface area contributed by atoms with E-state index in [-0.39, 0.29) is 28.9 Å². The fourth-order valence-corrected chi connectivity index (χ4v) is 2.33. The Balaban J connectivity index is 2.71. The maximum Gasteiger partial charge on any atom is 0.165 e. The molecule has 0 aliphatic rings. The number of hydrogen-bond acceptors (Lipinski definition) is 4. The van der Waals surface area contributed by atoms with Crippen LogP contribution >= 0.6 is 0 Å². The van der Waals surface area contributed by atoms with E-state index in [4.69, 9.17) is 0 Å². The van der Waals surface area contributed by atoms with Crippen LogP contribution in [0.3, 0.4) is 0 Å². The highest BCUT2D eigenvalue weighted by atomic mass is 16.3. The topological polar surface area (TPSA) is 80.9 Å². The van der Waals surface area contributed by atoms with Gasteiger partial charge in [0, 0.05) is 11.1 Å². The second-order valence-electron chi connectivity index (χ2n) is 5.43. The quantitative estimate of drug-likeness (QED) is 0.644. The van der Waals surface area contributed by atoms with Crippen LogP contribution in [0.4, 0.5) is 0 Å². The second-order valence-corrected chi connectivity index (χ2v) is 5.43. The summed E-state index contributed by atoms with van der Waals surface area (Å²) in [5.74, 6) is -0.893. The molecule has 0 saturated carbocycles. The number of benzene rings is 2. The highest BCUT2D eigenvalue weighted by molar-refractivity contribution is 5.80. The minimum atomic E-state index is -0.309. The molecule has 2 rings (SSSR count). The molecule has 4 heteroatoms. The summed E-state index contributed by atoms with van der Waals surface area (Å²) >= 11 is 0.